The van der Waals surface area contributed by atoms with Crippen molar-refractivity contribution in [3.63, 3.8) is 0 Å². The van der Waals surface area contributed by atoms with Gasteiger partial charge in [0.2, 0.25) is 11.5 Å². The number of para-hydroxylation sites is 2. The van der Waals surface area contributed by atoms with Crippen molar-refractivity contribution in [3.05, 3.63) is 30.2 Å². The summed E-state index contributed by atoms with van der Waals surface area (Å²) in [5.74, 6) is -1.44. The standard InChI is InChI=1S/C24H33F3N2O6S/c1-21(2,3)34-18(30)16(29-20(31)35-22(4,5)6)11-13-36-14-12-23(32,24(25,26)27)19-28-15-9-7-8-10-17(15)33-19/h7-10,16,32H,11-14H2,1-6H3,(H,29,31)/t16-,23?/m0/s1. The molecule has 0 aliphatic rings. The average Bonchev–Trinajstić information content (AvgIpc) is 3.13. The number of fused-ring (bicyclic) bond motifs is 1. The first-order valence-corrected chi connectivity index (χ1v) is 12.5. The molecular formula is C24H33F3N2O6S. The molecule has 2 rings (SSSR count). The number of carbonyl (C=O) groups excluding carboxylic acids is 2. The summed E-state index contributed by atoms with van der Waals surface area (Å²) in [5, 5.41) is 13.0. The van der Waals surface area contributed by atoms with Gasteiger partial charge >= 0.3 is 18.2 Å². The van der Waals surface area contributed by atoms with Crippen LogP contribution in [0, 0.1) is 0 Å². The molecule has 2 atom stereocenters. The second-order valence-corrected chi connectivity index (χ2v) is 11.5. The fourth-order valence-corrected chi connectivity index (χ4v) is 4.06. The Kier molecular flexibility index (Phi) is 9.33. The summed E-state index contributed by atoms with van der Waals surface area (Å²) in [7, 11) is 0. The van der Waals surface area contributed by atoms with E-state index in [2.05, 4.69) is 10.3 Å². The first-order chi connectivity index (χ1) is 16.4. The molecule has 8 nitrogen and oxygen atoms in total. The molecule has 1 heterocycles. The van der Waals surface area contributed by atoms with Crippen molar-refractivity contribution in [2.45, 2.75) is 83.4 Å². The molecule has 0 saturated carbocycles. The Morgan fingerprint density at radius 1 is 1.06 bits per heavy atom. The number of alkyl halides is 3. The minimum absolute atomic E-state index is 0.0756. The van der Waals surface area contributed by atoms with Crippen molar-refractivity contribution in [2.24, 2.45) is 0 Å². The number of thioether (sulfide) groups is 1. The summed E-state index contributed by atoms with van der Waals surface area (Å²) < 4.78 is 57.2. The van der Waals surface area contributed by atoms with Gasteiger partial charge in [-0.15, -0.1) is 0 Å². The number of hydrogen-bond donors (Lipinski definition) is 2. The molecule has 0 radical (unpaired) electrons. The number of halogens is 3. The molecule has 0 saturated heterocycles. The number of carbonyl (C=O) groups is 2. The van der Waals surface area contributed by atoms with E-state index in [1.165, 1.54) is 12.1 Å². The molecule has 0 bridgehead atoms. The predicted octanol–water partition coefficient (Wildman–Crippen LogP) is 5.33. The number of oxazole rings is 1. The number of ether oxygens (including phenoxy) is 2. The summed E-state index contributed by atoms with van der Waals surface area (Å²) in [6, 6.07) is 5.08. The van der Waals surface area contributed by atoms with Crippen LogP contribution in [0.5, 0.6) is 0 Å². The zero-order valence-electron chi connectivity index (χ0n) is 21.2. The normalized spacial score (nSPS) is 15.3. The number of amides is 1. The maximum absolute atomic E-state index is 13.8. The molecule has 1 aromatic heterocycles. The highest BCUT2D eigenvalue weighted by molar-refractivity contribution is 7.99. The molecule has 0 aliphatic heterocycles. The highest BCUT2D eigenvalue weighted by atomic mass is 32.2. The maximum Gasteiger partial charge on any atom is 0.426 e. The third kappa shape index (κ3) is 8.58. The highest BCUT2D eigenvalue weighted by Gasteiger charge is 2.58. The van der Waals surface area contributed by atoms with Crippen molar-refractivity contribution < 1.29 is 41.8 Å². The third-order valence-corrected chi connectivity index (χ3v) is 5.68. The molecule has 2 aromatic rings. The lowest BCUT2D eigenvalue weighted by Crippen LogP contribution is -2.46. The van der Waals surface area contributed by atoms with E-state index < -0.39 is 53.4 Å². The van der Waals surface area contributed by atoms with Gasteiger partial charge in [-0.05, 0) is 71.6 Å². The van der Waals surface area contributed by atoms with Gasteiger partial charge < -0.3 is 24.3 Å². The summed E-state index contributed by atoms with van der Waals surface area (Å²) in [6.07, 6.45) is -6.48. The van der Waals surface area contributed by atoms with Crippen LogP contribution in [0.15, 0.2) is 28.7 Å². The van der Waals surface area contributed by atoms with Crippen molar-refractivity contribution in [1.29, 1.82) is 0 Å². The van der Waals surface area contributed by atoms with Gasteiger partial charge in [0, 0.05) is 6.42 Å². The number of aromatic nitrogens is 1. The molecule has 2 N–H and O–H groups in total. The third-order valence-electron chi connectivity index (χ3n) is 4.66. The summed E-state index contributed by atoms with van der Waals surface area (Å²) >= 11 is 1.07. The van der Waals surface area contributed by atoms with Crippen LogP contribution < -0.4 is 5.32 Å². The van der Waals surface area contributed by atoms with Gasteiger partial charge in [-0.25, -0.2) is 14.6 Å². The van der Waals surface area contributed by atoms with Gasteiger partial charge in [0.25, 0.3) is 0 Å². The number of hydrogen-bond acceptors (Lipinski definition) is 8. The highest BCUT2D eigenvalue weighted by Crippen LogP contribution is 2.42. The van der Waals surface area contributed by atoms with Gasteiger partial charge in [0.15, 0.2) is 5.58 Å². The van der Waals surface area contributed by atoms with Crippen molar-refractivity contribution in [3.8, 4) is 0 Å². The SMILES string of the molecule is CC(C)(C)OC(=O)N[C@@H](CCSCCC(O)(c1nc2ccccc2o1)C(F)(F)F)C(=O)OC(C)(C)C. The lowest BCUT2D eigenvalue weighted by molar-refractivity contribution is -0.274. The lowest BCUT2D eigenvalue weighted by Gasteiger charge is -2.27. The summed E-state index contributed by atoms with van der Waals surface area (Å²) in [6.45, 7) is 10.0. The van der Waals surface area contributed by atoms with E-state index in [0.717, 1.165) is 11.8 Å². The Morgan fingerprint density at radius 3 is 2.22 bits per heavy atom. The zero-order valence-corrected chi connectivity index (χ0v) is 22.0. The van der Waals surface area contributed by atoms with Crippen LogP contribution in [-0.4, -0.2) is 57.1 Å². The summed E-state index contributed by atoms with van der Waals surface area (Å²) in [4.78, 5) is 28.6. The van der Waals surface area contributed by atoms with Crippen molar-refractivity contribution in [1.82, 2.24) is 10.3 Å². The molecule has 36 heavy (non-hydrogen) atoms. The van der Waals surface area contributed by atoms with Gasteiger partial charge in [0.1, 0.15) is 22.8 Å². The molecule has 0 aliphatic carbocycles. The second-order valence-electron chi connectivity index (χ2n) is 10.2. The summed E-state index contributed by atoms with van der Waals surface area (Å²) in [5.41, 5.74) is -4.53. The largest absolute Gasteiger partial charge is 0.458 e. The quantitative estimate of drug-likeness (QED) is 0.328. The Morgan fingerprint density at radius 2 is 1.67 bits per heavy atom. The second kappa shape index (κ2) is 11.3. The molecule has 0 fully saturated rings. The van der Waals surface area contributed by atoms with Crippen LogP contribution in [-0.2, 0) is 19.9 Å². The number of aliphatic hydroxyl groups is 1. The van der Waals surface area contributed by atoms with Gasteiger partial charge in [-0.3, -0.25) is 0 Å². The van der Waals surface area contributed by atoms with Gasteiger partial charge in [-0.2, -0.15) is 24.9 Å². The van der Waals surface area contributed by atoms with Crippen LogP contribution in [0.4, 0.5) is 18.0 Å². The molecule has 202 valence electrons. The average molecular weight is 535 g/mol. The minimum Gasteiger partial charge on any atom is -0.458 e. The first-order valence-electron chi connectivity index (χ1n) is 11.4. The molecule has 1 unspecified atom stereocenters. The minimum atomic E-state index is -5.02. The van der Waals surface area contributed by atoms with E-state index in [0.29, 0.717) is 0 Å². The van der Waals surface area contributed by atoms with Crippen LogP contribution in [0.25, 0.3) is 11.1 Å². The van der Waals surface area contributed by atoms with E-state index in [1.54, 1.807) is 53.7 Å². The van der Waals surface area contributed by atoms with Crippen molar-refractivity contribution >= 4 is 34.9 Å². The van der Waals surface area contributed by atoms with Gasteiger partial charge in [0.05, 0.1) is 0 Å². The van der Waals surface area contributed by atoms with E-state index in [9.17, 15) is 27.9 Å². The van der Waals surface area contributed by atoms with E-state index in [1.807, 2.05) is 0 Å². The van der Waals surface area contributed by atoms with Crippen LogP contribution in [0.3, 0.4) is 0 Å². The van der Waals surface area contributed by atoms with E-state index in [-0.39, 0.29) is 29.0 Å². The molecule has 0 spiro atoms. The number of esters is 1. The topological polar surface area (TPSA) is 111 Å². The lowest BCUT2D eigenvalue weighted by atomic mass is 10.0. The van der Waals surface area contributed by atoms with Crippen molar-refractivity contribution in [2.75, 3.05) is 11.5 Å². The number of benzene rings is 1. The Labute approximate surface area is 212 Å². The van der Waals surface area contributed by atoms with Crippen LogP contribution in [0.2, 0.25) is 0 Å². The number of nitrogens with one attached hydrogen (secondary N) is 1. The smallest absolute Gasteiger partial charge is 0.426 e. The van der Waals surface area contributed by atoms with E-state index >= 15 is 0 Å². The molecular weight excluding hydrogens is 501 g/mol. The number of nitrogens with zero attached hydrogens (tertiary/aromatic N) is 1. The van der Waals surface area contributed by atoms with Crippen LogP contribution in [0.1, 0.15) is 60.3 Å². The Bertz CT molecular complexity index is 1010. The predicted molar refractivity (Wildman–Crippen MR) is 130 cm³/mol. The first kappa shape index (κ1) is 29.8. The Balaban J connectivity index is 2.03. The zero-order chi connectivity index (χ0) is 27.4. The maximum atomic E-state index is 13.8. The number of rotatable bonds is 9. The Hall–Kier alpha value is -2.47. The fraction of sp³-hybridized carbons (Fsp3) is 0.625. The molecule has 1 aromatic carbocycles. The van der Waals surface area contributed by atoms with Crippen LogP contribution >= 0.6 is 11.8 Å². The molecule has 1 amide bonds. The monoisotopic (exact) mass is 534 g/mol. The van der Waals surface area contributed by atoms with E-state index in [4.69, 9.17) is 13.9 Å². The molecule has 12 heteroatoms. The number of alkyl carbamates (subject to hydrolysis) is 1. The van der Waals surface area contributed by atoms with Gasteiger partial charge in [-0.1, -0.05) is 12.1 Å². The fourth-order valence-electron chi connectivity index (χ4n) is 3.01.